The number of hydrogen-bond acceptors (Lipinski definition) is 4. The first kappa shape index (κ1) is 15.8. The lowest BCUT2D eigenvalue weighted by atomic mass is 10.2. The molecule has 0 saturated heterocycles. The number of rotatable bonds is 4. The summed E-state index contributed by atoms with van der Waals surface area (Å²) in [5, 5.41) is 4.45. The van der Waals surface area contributed by atoms with Crippen molar-refractivity contribution in [3.05, 3.63) is 40.2 Å². The Morgan fingerprint density at radius 1 is 1.38 bits per heavy atom. The number of anilines is 1. The maximum atomic E-state index is 12.3. The van der Waals surface area contributed by atoms with E-state index in [4.69, 9.17) is 17.3 Å². The number of aryl methyl sites for hydroxylation is 2. The largest absolute Gasteiger partial charge is 0.397 e. The predicted octanol–water partition coefficient (Wildman–Crippen LogP) is 1.75. The van der Waals surface area contributed by atoms with Gasteiger partial charge in [-0.3, -0.25) is 4.68 Å². The van der Waals surface area contributed by atoms with Gasteiger partial charge in [0.05, 0.1) is 21.8 Å². The van der Waals surface area contributed by atoms with Crippen molar-refractivity contribution in [2.45, 2.75) is 25.3 Å². The van der Waals surface area contributed by atoms with Crippen LogP contribution in [0, 0.1) is 13.8 Å². The fourth-order valence-corrected chi connectivity index (χ4v) is 3.13. The van der Waals surface area contributed by atoms with Gasteiger partial charge in [-0.2, -0.15) is 5.10 Å². The van der Waals surface area contributed by atoms with E-state index in [-0.39, 0.29) is 17.1 Å². The van der Waals surface area contributed by atoms with Crippen molar-refractivity contribution < 1.29 is 8.42 Å². The molecule has 0 amide bonds. The Bertz CT molecular complexity index is 760. The van der Waals surface area contributed by atoms with E-state index in [1.54, 1.807) is 24.9 Å². The molecule has 1 aromatic carbocycles. The molecule has 0 spiro atoms. The molecule has 0 radical (unpaired) electrons. The maximum absolute atomic E-state index is 12.3. The van der Waals surface area contributed by atoms with Gasteiger partial charge in [-0.15, -0.1) is 0 Å². The minimum Gasteiger partial charge on any atom is -0.397 e. The topological polar surface area (TPSA) is 90.0 Å². The van der Waals surface area contributed by atoms with Crippen molar-refractivity contribution in [2.24, 2.45) is 7.05 Å². The van der Waals surface area contributed by atoms with E-state index in [1.165, 1.54) is 12.1 Å². The molecule has 0 atom stereocenters. The molecule has 1 heterocycles. The van der Waals surface area contributed by atoms with Crippen LogP contribution < -0.4 is 10.5 Å². The fourth-order valence-electron chi connectivity index (χ4n) is 1.89. The first-order valence-electron chi connectivity index (χ1n) is 6.25. The lowest BCUT2D eigenvalue weighted by molar-refractivity contribution is 0.581. The molecule has 0 bridgehead atoms. The number of hydrogen-bond donors (Lipinski definition) is 2. The van der Waals surface area contributed by atoms with Crippen LogP contribution in [0.3, 0.4) is 0 Å². The highest BCUT2D eigenvalue weighted by Gasteiger charge is 2.17. The number of nitrogen functional groups attached to an aromatic ring is 1. The van der Waals surface area contributed by atoms with Gasteiger partial charge < -0.3 is 5.73 Å². The Labute approximate surface area is 129 Å². The molecule has 0 aliphatic carbocycles. The minimum atomic E-state index is -3.65. The molecule has 0 aliphatic rings. The Morgan fingerprint density at radius 3 is 2.57 bits per heavy atom. The number of nitrogens with one attached hydrogen (secondary N) is 1. The summed E-state index contributed by atoms with van der Waals surface area (Å²) in [4.78, 5) is 0.100. The van der Waals surface area contributed by atoms with Gasteiger partial charge in [-0.1, -0.05) is 11.6 Å². The molecule has 0 saturated carbocycles. The average Bonchev–Trinajstić information content (AvgIpc) is 2.73. The summed E-state index contributed by atoms with van der Waals surface area (Å²) in [6, 6.07) is 2.85. The second-order valence-corrected chi connectivity index (χ2v) is 6.99. The van der Waals surface area contributed by atoms with Crippen molar-refractivity contribution in [2.75, 3.05) is 5.73 Å². The van der Waals surface area contributed by atoms with Gasteiger partial charge in [-0.25, -0.2) is 13.1 Å². The van der Waals surface area contributed by atoms with Crippen molar-refractivity contribution in [3.63, 3.8) is 0 Å². The van der Waals surface area contributed by atoms with Gasteiger partial charge in [-0.05, 0) is 31.5 Å². The molecule has 1 aromatic heterocycles. The van der Waals surface area contributed by atoms with Crippen molar-refractivity contribution in [1.29, 1.82) is 0 Å². The molecule has 0 fully saturated rings. The zero-order valence-electron chi connectivity index (χ0n) is 12.0. The molecule has 6 nitrogen and oxygen atoms in total. The summed E-state index contributed by atoms with van der Waals surface area (Å²) in [6.07, 6.45) is 1.64. The molecule has 0 aliphatic heterocycles. The first-order valence-corrected chi connectivity index (χ1v) is 8.11. The van der Waals surface area contributed by atoms with E-state index in [2.05, 4.69) is 9.82 Å². The summed E-state index contributed by atoms with van der Waals surface area (Å²) in [5.74, 6) is 0. The third-order valence-electron chi connectivity index (χ3n) is 3.36. The Balaban J connectivity index is 2.25. The van der Waals surface area contributed by atoms with E-state index in [0.717, 1.165) is 11.3 Å². The van der Waals surface area contributed by atoms with Crippen LogP contribution in [0.2, 0.25) is 5.02 Å². The third-order valence-corrected chi connectivity index (χ3v) is 5.25. The standard InChI is InChI=1S/C13H17ClN4O2S/c1-8-4-11(5-12(15)13(8)14)21(19,20)17-7-10-6-16-18(3)9(10)2/h4-6,17H,7,15H2,1-3H3. The predicted molar refractivity (Wildman–Crippen MR) is 82.6 cm³/mol. The normalized spacial score (nSPS) is 11.8. The van der Waals surface area contributed by atoms with Gasteiger partial charge in [0.15, 0.2) is 0 Å². The molecule has 2 aromatic rings. The Kier molecular flexibility index (Phi) is 4.27. The van der Waals surface area contributed by atoms with Gasteiger partial charge in [0.25, 0.3) is 0 Å². The van der Waals surface area contributed by atoms with Crippen molar-refractivity contribution >= 4 is 27.3 Å². The SMILES string of the molecule is Cc1cc(S(=O)(=O)NCc2cnn(C)c2C)cc(N)c1Cl. The van der Waals surface area contributed by atoms with E-state index in [1.807, 2.05) is 6.92 Å². The first-order chi connectivity index (χ1) is 9.72. The number of halogens is 1. The quantitative estimate of drug-likeness (QED) is 0.837. The Morgan fingerprint density at radius 2 is 2.05 bits per heavy atom. The third kappa shape index (κ3) is 3.20. The van der Waals surface area contributed by atoms with Gasteiger partial charge >= 0.3 is 0 Å². The van der Waals surface area contributed by atoms with Crippen LogP contribution >= 0.6 is 11.6 Å². The lowest BCUT2D eigenvalue weighted by Crippen LogP contribution is -2.23. The second-order valence-electron chi connectivity index (χ2n) is 4.85. The van der Waals surface area contributed by atoms with Crippen LogP contribution in [0.5, 0.6) is 0 Å². The van der Waals surface area contributed by atoms with Crippen molar-refractivity contribution in [1.82, 2.24) is 14.5 Å². The van der Waals surface area contributed by atoms with Gasteiger partial charge in [0, 0.05) is 24.8 Å². The number of sulfonamides is 1. The van der Waals surface area contributed by atoms with Crippen LogP contribution in [0.25, 0.3) is 0 Å². The summed E-state index contributed by atoms with van der Waals surface area (Å²) < 4.78 is 28.8. The highest BCUT2D eigenvalue weighted by atomic mass is 35.5. The summed E-state index contributed by atoms with van der Waals surface area (Å²) in [6.45, 7) is 3.76. The van der Waals surface area contributed by atoms with E-state index < -0.39 is 10.0 Å². The van der Waals surface area contributed by atoms with E-state index in [0.29, 0.717) is 10.6 Å². The number of nitrogens with zero attached hydrogens (tertiary/aromatic N) is 2. The summed E-state index contributed by atoms with van der Waals surface area (Å²) in [5.41, 5.74) is 8.31. The fraction of sp³-hybridized carbons (Fsp3) is 0.308. The van der Waals surface area contributed by atoms with Crippen LogP contribution in [-0.4, -0.2) is 18.2 Å². The molecular weight excluding hydrogens is 312 g/mol. The highest BCUT2D eigenvalue weighted by Crippen LogP contribution is 2.26. The summed E-state index contributed by atoms with van der Waals surface area (Å²) >= 11 is 5.94. The molecule has 3 N–H and O–H groups in total. The average molecular weight is 329 g/mol. The second kappa shape index (κ2) is 5.67. The van der Waals surface area contributed by atoms with E-state index in [9.17, 15) is 8.42 Å². The smallest absolute Gasteiger partial charge is 0.240 e. The maximum Gasteiger partial charge on any atom is 0.240 e. The zero-order chi connectivity index (χ0) is 15.8. The number of nitrogens with two attached hydrogens (primary N) is 1. The molecule has 114 valence electrons. The van der Waals surface area contributed by atoms with Crippen LogP contribution in [0.4, 0.5) is 5.69 Å². The molecule has 8 heteroatoms. The van der Waals surface area contributed by atoms with Crippen LogP contribution in [-0.2, 0) is 23.6 Å². The van der Waals surface area contributed by atoms with Crippen LogP contribution in [0.1, 0.15) is 16.8 Å². The minimum absolute atomic E-state index is 0.100. The van der Waals surface area contributed by atoms with E-state index >= 15 is 0 Å². The monoisotopic (exact) mass is 328 g/mol. The molecule has 0 unspecified atom stereocenters. The summed E-state index contributed by atoms with van der Waals surface area (Å²) in [7, 11) is -1.85. The molecule has 21 heavy (non-hydrogen) atoms. The highest BCUT2D eigenvalue weighted by molar-refractivity contribution is 7.89. The van der Waals surface area contributed by atoms with Gasteiger partial charge in [0.1, 0.15) is 0 Å². The zero-order valence-corrected chi connectivity index (χ0v) is 13.6. The number of aromatic nitrogens is 2. The van der Waals surface area contributed by atoms with Crippen molar-refractivity contribution in [3.8, 4) is 0 Å². The van der Waals surface area contributed by atoms with Crippen LogP contribution in [0.15, 0.2) is 23.2 Å². The van der Waals surface area contributed by atoms with Gasteiger partial charge in [0.2, 0.25) is 10.0 Å². The number of benzene rings is 1. The lowest BCUT2D eigenvalue weighted by Gasteiger charge is -2.10. The molecule has 2 rings (SSSR count). The Hall–Kier alpha value is -1.57. The molecular formula is C13H17ClN4O2S.